The van der Waals surface area contributed by atoms with Crippen LogP contribution in [0, 0.1) is 0 Å². The van der Waals surface area contributed by atoms with Gasteiger partial charge in [-0.1, -0.05) is 31.9 Å². The van der Waals surface area contributed by atoms with E-state index in [1.807, 2.05) is 35.0 Å². The van der Waals surface area contributed by atoms with E-state index >= 15 is 0 Å². The standard InChI is InChI=1S/C11H8Br2OS/c12-9-3-8(4-10(13)5-9)11(14)7-1-2-15-6-7/h1-6,11,14H. The summed E-state index contributed by atoms with van der Waals surface area (Å²) in [7, 11) is 0. The SMILES string of the molecule is OC(c1ccsc1)c1cc(Br)cc(Br)c1. The van der Waals surface area contributed by atoms with Crippen LogP contribution >= 0.6 is 43.2 Å². The highest BCUT2D eigenvalue weighted by atomic mass is 79.9. The first kappa shape index (κ1) is 11.3. The molecule has 78 valence electrons. The zero-order valence-electron chi connectivity index (χ0n) is 7.65. The predicted molar refractivity (Wildman–Crippen MR) is 70.2 cm³/mol. The second-order valence-corrected chi connectivity index (χ2v) is 5.77. The van der Waals surface area contributed by atoms with E-state index < -0.39 is 6.10 Å². The molecule has 1 aromatic carbocycles. The molecule has 1 atom stereocenters. The molecule has 0 fully saturated rings. The molecule has 4 heteroatoms. The Labute approximate surface area is 109 Å². The number of thiophene rings is 1. The highest BCUT2D eigenvalue weighted by molar-refractivity contribution is 9.11. The first-order chi connectivity index (χ1) is 7.16. The van der Waals surface area contributed by atoms with Crippen molar-refractivity contribution in [3.05, 3.63) is 55.1 Å². The minimum atomic E-state index is -0.551. The lowest BCUT2D eigenvalue weighted by Gasteiger charge is -2.10. The first-order valence-electron chi connectivity index (χ1n) is 4.33. The van der Waals surface area contributed by atoms with Crippen molar-refractivity contribution in [2.75, 3.05) is 0 Å². The van der Waals surface area contributed by atoms with E-state index in [4.69, 9.17) is 0 Å². The second-order valence-electron chi connectivity index (χ2n) is 3.16. The van der Waals surface area contributed by atoms with Gasteiger partial charge in [0.15, 0.2) is 0 Å². The van der Waals surface area contributed by atoms with Gasteiger partial charge in [0.2, 0.25) is 0 Å². The van der Waals surface area contributed by atoms with Gasteiger partial charge >= 0.3 is 0 Å². The zero-order valence-corrected chi connectivity index (χ0v) is 11.6. The molecule has 0 amide bonds. The third kappa shape index (κ3) is 2.69. The molecule has 2 aromatic rings. The average molecular weight is 348 g/mol. The average Bonchev–Trinajstić information content (AvgIpc) is 2.67. The predicted octanol–water partition coefficient (Wildman–Crippen LogP) is 4.35. The molecule has 0 radical (unpaired) electrons. The Morgan fingerprint density at radius 3 is 2.27 bits per heavy atom. The Morgan fingerprint density at radius 1 is 1.07 bits per heavy atom. The summed E-state index contributed by atoms with van der Waals surface area (Å²) in [6.45, 7) is 0. The van der Waals surface area contributed by atoms with E-state index in [0.29, 0.717) is 0 Å². The van der Waals surface area contributed by atoms with Crippen molar-refractivity contribution in [3.63, 3.8) is 0 Å². The summed E-state index contributed by atoms with van der Waals surface area (Å²) in [5.74, 6) is 0. The smallest absolute Gasteiger partial charge is 0.105 e. The molecule has 1 heterocycles. The minimum Gasteiger partial charge on any atom is -0.384 e. The van der Waals surface area contributed by atoms with Crippen LogP contribution < -0.4 is 0 Å². The van der Waals surface area contributed by atoms with Crippen LogP contribution in [0.15, 0.2) is 44.0 Å². The van der Waals surface area contributed by atoms with Crippen LogP contribution in [0.3, 0.4) is 0 Å². The van der Waals surface area contributed by atoms with Crippen LogP contribution in [-0.2, 0) is 0 Å². The lowest BCUT2D eigenvalue weighted by molar-refractivity contribution is 0.220. The van der Waals surface area contributed by atoms with Gasteiger partial charge in [0.25, 0.3) is 0 Å². The summed E-state index contributed by atoms with van der Waals surface area (Å²) in [6, 6.07) is 7.73. The number of rotatable bonds is 2. The Balaban J connectivity index is 2.37. The summed E-state index contributed by atoms with van der Waals surface area (Å²) in [5.41, 5.74) is 1.82. The quantitative estimate of drug-likeness (QED) is 0.855. The summed E-state index contributed by atoms with van der Waals surface area (Å²) in [5, 5.41) is 14.0. The molecule has 2 rings (SSSR count). The van der Waals surface area contributed by atoms with Crippen LogP contribution in [-0.4, -0.2) is 5.11 Å². The number of hydrogen-bond donors (Lipinski definition) is 1. The van der Waals surface area contributed by atoms with Crippen LogP contribution in [0.1, 0.15) is 17.2 Å². The van der Waals surface area contributed by atoms with Crippen LogP contribution in [0.4, 0.5) is 0 Å². The van der Waals surface area contributed by atoms with E-state index in [1.165, 1.54) is 0 Å². The van der Waals surface area contributed by atoms with E-state index in [1.54, 1.807) is 11.3 Å². The van der Waals surface area contributed by atoms with Gasteiger partial charge in [-0.2, -0.15) is 11.3 Å². The molecule has 1 unspecified atom stereocenters. The number of aliphatic hydroxyl groups is 1. The molecule has 0 aliphatic carbocycles. The van der Waals surface area contributed by atoms with Gasteiger partial charge in [-0.15, -0.1) is 0 Å². The monoisotopic (exact) mass is 346 g/mol. The van der Waals surface area contributed by atoms with Crippen LogP contribution in [0.25, 0.3) is 0 Å². The molecule has 0 bridgehead atoms. The normalized spacial score (nSPS) is 12.7. The third-order valence-corrected chi connectivity index (χ3v) is 3.68. The third-order valence-electron chi connectivity index (χ3n) is 2.06. The van der Waals surface area contributed by atoms with E-state index in [0.717, 1.165) is 20.1 Å². The molecule has 0 aliphatic rings. The van der Waals surface area contributed by atoms with Crippen molar-refractivity contribution in [1.29, 1.82) is 0 Å². The lowest BCUT2D eigenvalue weighted by Crippen LogP contribution is -1.97. The summed E-state index contributed by atoms with van der Waals surface area (Å²) in [4.78, 5) is 0. The largest absolute Gasteiger partial charge is 0.384 e. The molecule has 0 saturated carbocycles. The van der Waals surface area contributed by atoms with Crippen molar-refractivity contribution in [1.82, 2.24) is 0 Å². The summed E-state index contributed by atoms with van der Waals surface area (Å²) >= 11 is 8.40. The second kappa shape index (κ2) is 4.78. The molecule has 0 saturated heterocycles. The van der Waals surface area contributed by atoms with E-state index in [9.17, 15) is 5.11 Å². The zero-order chi connectivity index (χ0) is 10.8. The summed E-state index contributed by atoms with van der Waals surface area (Å²) in [6.07, 6.45) is -0.551. The Morgan fingerprint density at radius 2 is 1.73 bits per heavy atom. The van der Waals surface area contributed by atoms with Gasteiger partial charge in [-0.05, 0) is 46.2 Å². The number of halogens is 2. The molecular formula is C11H8Br2OS. The van der Waals surface area contributed by atoms with Crippen LogP contribution in [0.5, 0.6) is 0 Å². The van der Waals surface area contributed by atoms with Crippen molar-refractivity contribution in [2.45, 2.75) is 6.10 Å². The Kier molecular flexibility index (Phi) is 3.61. The first-order valence-corrected chi connectivity index (χ1v) is 6.86. The van der Waals surface area contributed by atoms with Gasteiger partial charge in [0.05, 0.1) is 0 Å². The summed E-state index contributed by atoms with van der Waals surface area (Å²) < 4.78 is 1.92. The molecular weight excluding hydrogens is 340 g/mol. The molecule has 1 N–H and O–H groups in total. The number of aliphatic hydroxyl groups excluding tert-OH is 1. The minimum absolute atomic E-state index is 0.551. The maximum atomic E-state index is 10.1. The van der Waals surface area contributed by atoms with Gasteiger partial charge in [-0.3, -0.25) is 0 Å². The fourth-order valence-electron chi connectivity index (χ4n) is 1.36. The lowest BCUT2D eigenvalue weighted by atomic mass is 10.1. The number of hydrogen-bond acceptors (Lipinski definition) is 2. The molecule has 0 spiro atoms. The van der Waals surface area contributed by atoms with Crippen molar-refractivity contribution < 1.29 is 5.11 Å². The highest BCUT2D eigenvalue weighted by Crippen LogP contribution is 2.28. The highest BCUT2D eigenvalue weighted by Gasteiger charge is 2.11. The fourth-order valence-corrected chi connectivity index (χ4v) is 3.36. The van der Waals surface area contributed by atoms with Crippen molar-refractivity contribution >= 4 is 43.2 Å². The Hall–Kier alpha value is -0.160. The maximum absolute atomic E-state index is 10.1. The fraction of sp³-hybridized carbons (Fsp3) is 0.0909. The molecule has 1 nitrogen and oxygen atoms in total. The molecule has 1 aromatic heterocycles. The topological polar surface area (TPSA) is 20.2 Å². The van der Waals surface area contributed by atoms with Crippen molar-refractivity contribution in [2.24, 2.45) is 0 Å². The molecule has 0 aliphatic heterocycles. The van der Waals surface area contributed by atoms with Gasteiger partial charge in [0.1, 0.15) is 6.10 Å². The van der Waals surface area contributed by atoms with Gasteiger partial charge in [0, 0.05) is 8.95 Å². The van der Waals surface area contributed by atoms with E-state index in [-0.39, 0.29) is 0 Å². The van der Waals surface area contributed by atoms with Crippen molar-refractivity contribution in [3.8, 4) is 0 Å². The number of benzene rings is 1. The van der Waals surface area contributed by atoms with E-state index in [2.05, 4.69) is 31.9 Å². The van der Waals surface area contributed by atoms with Gasteiger partial charge in [-0.25, -0.2) is 0 Å². The van der Waals surface area contributed by atoms with Crippen LogP contribution in [0.2, 0.25) is 0 Å². The van der Waals surface area contributed by atoms with Gasteiger partial charge < -0.3 is 5.11 Å². The Bertz CT molecular complexity index is 433. The molecule has 15 heavy (non-hydrogen) atoms. The maximum Gasteiger partial charge on any atom is 0.105 e.